The highest BCUT2D eigenvalue weighted by Crippen LogP contribution is 2.64. The first-order chi connectivity index (χ1) is 5.84. The molecule has 1 saturated heterocycles. The van der Waals surface area contributed by atoms with Gasteiger partial charge in [-0.3, -0.25) is 0 Å². The minimum Gasteiger partial charge on any atom is -0.377 e. The Hall–Kier alpha value is 0.440. The highest BCUT2D eigenvalue weighted by molar-refractivity contribution is 9.09. The van der Waals surface area contributed by atoms with Crippen LogP contribution in [0, 0.1) is 11.3 Å². The Labute approximate surface area is 82.0 Å². The standard InChI is InChI=1S/C10H15BrO/c11-8-7-3-1-6-12-9(7)10(8)4-2-5-10/h7-9H,1-6H2. The molecule has 1 nitrogen and oxygen atoms in total. The van der Waals surface area contributed by atoms with E-state index in [1.807, 2.05) is 0 Å². The molecule has 3 fully saturated rings. The van der Waals surface area contributed by atoms with Crippen LogP contribution in [-0.4, -0.2) is 17.5 Å². The maximum atomic E-state index is 5.88. The predicted molar refractivity (Wildman–Crippen MR) is 51.5 cm³/mol. The Morgan fingerprint density at radius 1 is 1.25 bits per heavy atom. The fourth-order valence-electron chi connectivity index (χ4n) is 3.31. The summed E-state index contributed by atoms with van der Waals surface area (Å²) in [6, 6.07) is 0. The van der Waals surface area contributed by atoms with E-state index in [-0.39, 0.29) is 0 Å². The van der Waals surface area contributed by atoms with Gasteiger partial charge in [-0.25, -0.2) is 0 Å². The van der Waals surface area contributed by atoms with Crippen molar-refractivity contribution in [1.29, 1.82) is 0 Å². The summed E-state index contributed by atoms with van der Waals surface area (Å²) in [6.07, 6.45) is 7.54. The van der Waals surface area contributed by atoms with Crippen molar-refractivity contribution in [2.75, 3.05) is 6.61 Å². The van der Waals surface area contributed by atoms with Crippen molar-refractivity contribution in [3.63, 3.8) is 0 Å². The van der Waals surface area contributed by atoms with Crippen molar-refractivity contribution in [1.82, 2.24) is 0 Å². The lowest BCUT2D eigenvalue weighted by Gasteiger charge is -2.65. The molecule has 3 unspecified atom stereocenters. The van der Waals surface area contributed by atoms with Crippen molar-refractivity contribution >= 4 is 15.9 Å². The van der Waals surface area contributed by atoms with Crippen LogP contribution in [0.2, 0.25) is 0 Å². The highest BCUT2D eigenvalue weighted by atomic mass is 79.9. The maximum absolute atomic E-state index is 5.88. The Morgan fingerprint density at radius 2 is 2.08 bits per heavy atom. The number of hydrogen-bond acceptors (Lipinski definition) is 1. The van der Waals surface area contributed by atoms with Gasteiger partial charge in [-0.15, -0.1) is 0 Å². The summed E-state index contributed by atoms with van der Waals surface area (Å²) in [6.45, 7) is 1.02. The average Bonchev–Trinajstić information content (AvgIpc) is 2.01. The molecule has 1 heterocycles. The van der Waals surface area contributed by atoms with Crippen LogP contribution in [-0.2, 0) is 4.74 Å². The summed E-state index contributed by atoms with van der Waals surface area (Å²) < 4.78 is 5.88. The van der Waals surface area contributed by atoms with E-state index in [0.717, 1.165) is 17.4 Å². The van der Waals surface area contributed by atoms with Crippen molar-refractivity contribution in [3.8, 4) is 0 Å². The third-order valence-electron chi connectivity index (χ3n) is 4.14. The highest BCUT2D eigenvalue weighted by Gasteiger charge is 2.64. The lowest BCUT2D eigenvalue weighted by Crippen LogP contribution is -2.67. The number of rotatable bonds is 0. The van der Waals surface area contributed by atoms with Gasteiger partial charge in [0.05, 0.1) is 6.10 Å². The minimum absolute atomic E-state index is 0.588. The third-order valence-corrected chi connectivity index (χ3v) is 5.74. The molecule has 0 radical (unpaired) electrons. The van der Waals surface area contributed by atoms with Crippen LogP contribution >= 0.6 is 15.9 Å². The molecular weight excluding hydrogens is 216 g/mol. The summed E-state index contributed by atoms with van der Waals surface area (Å²) in [5, 5.41) is 0. The summed E-state index contributed by atoms with van der Waals surface area (Å²) >= 11 is 3.86. The van der Waals surface area contributed by atoms with Gasteiger partial charge >= 0.3 is 0 Å². The van der Waals surface area contributed by atoms with Crippen LogP contribution in [0.1, 0.15) is 32.1 Å². The molecule has 2 saturated carbocycles. The van der Waals surface area contributed by atoms with Crippen LogP contribution in [0.25, 0.3) is 0 Å². The molecule has 12 heavy (non-hydrogen) atoms. The van der Waals surface area contributed by atoms with E-state index in [1.165, 1.54) is 32.1 Å². The van der Waals surface area contributed by atoms with Gasteiger partial charge < -0.3 is 4.74 Å². The first-order valence-electron chi connectivity index (χ1n) is 5.10. The fourth-order valence-corrected chi connectivity index (χ4v) is 4.57. The number of alkyl halides is 1. The van der Waals surface area contributed by atoms with E-state index in [2.05, 4.69) is 15.9 Å². The second-order valence-corrected chi connectivity index (χ2v) is 5.57. The second-order valence-electron chi connectivity index (χ2n) is 4.59. The molecule has 1 aliphatic heterocycles. The number of hydrogen-bond donors (Lipinski definition) is 0. The quantitative estimate of drug-likeness (QED) is 0.582. The van der Waals surface area contributed by atoms with Gasteiger partial charge in [-0.2, -0.15) is 0 Å². The zero-order chi connectivity index (χ0) is 8.18. The topological polar surface area (TPSA) is 9.23 Å². The van der Waals surface area contributed by atoms with Crippen molar-refractivity contribution < 1.29 is 4.74 Å². The van der Waals surface area contributed by atoms with Gasteiger partial charge in [0.15, 0.2) is 0 Å². The maximum Gasteiger partial charge on any atom is 0.0681 e. The van der Waals surface area contributed by atoms with E-state index in [9.17, 15) is 0 Å². The van der Waals surface area contributed by atoms with Gasteiger partial charge in [0.25, 0.3) is 0 Å². The molecule has 0 N–H and O–H groups in total. The summed E-state index contributed by atoms with van der Waals surface area (Å²) in [4.78, 5) is 0.782. The predicted octanol–water partition coefficient (Wildman–Crippen LogP) is 2.73. The summed E-state index contributed by atoms with van der Waals surface area (Å²) in [5.74, 6) is 0.846. The van der Waals surface area contributed by atoms with Crippen LogP contribution < -0.4 is 0 Å². The van der Waals surface area contributed by atoms with E-state index >= 15 is 0 Å². The molecule has 2 heteroatoms. The van der Waals surface area contributed by atoms with Crippen LogP contribution in [0.5, 0.6) is 0 Å². The van der Waals surface area contributed by atoms with Gasteiger partial charge in [-0.1, -0.05) is 22.4 Å². The number of ether oxygens (including phenoxy) is 1. The Kier molecular flexibility index (Phi) is 1.61. The van der Waals surface area contributed by atoms with Crippen molar-refractivity contribution in [2.45, 2.75) is 43.0 Å². The molecule has 0 amide bonds. The van der Waals surface area contributed by atoms with E-state index in [4.69, 9.17) is 4.74 Å². The Bertz CT molecular complexity index is 200. The SMILES string of the molecule is BrC1C2CCCOC2C12CCC2. The van der Waals surface area contributed by atoms with Gasteiger partial charge in [0.1, 0.15) is 0 Å². The smallest absolute Gasteiger partial charge is 0.0681 e. The van der Waals surface area contributed by atoms with Crippen LogP contribution in [0.4, 0.5) is 0 Å². The molecule has 0 aromatic heterocycles. The largest absolute Gasteiger partial charge is 0.377 e. The lowest BCUT2D eigenvalue weighted by atomic mass is 9.48. The molecule has 2 aliphatic carbocycles. The Balaban J connectivity index is 1.80. The monoisotopic (exact) mass is 230 g/mol. The first kappa shape index (κ1) is 7.81. The van der Waals surface area contributed by atoms with Gasteiger partial charge in [0.2, 0.25) is 0 Å². The summed E-state index contributed by atoms with van der Waals surface area (Å²) in [7, 11) is 0. The molecule has 68 valence electrons. The van der Waals surface area contributed by atoms with Gasteiger partial charge in [-0.05, 0) is 31.6 Å². The zero-order valence-corrected chi connectivity index (χ0v) is 8.85. The molecule has 0 bridgehead atoms. The third kappa shape index (κ3) is 0.741. The summed E-state index contributed by atoms with van der Waals surface area (Å²) in [5.41, 5.74) is 0.588. The molecule has 3 aliphatic rings. The van der Waals surface area contributed by atoms with E-state index in [0.29, 0.717) is 11.5 Å². The second kappa shape index (κ2) is 2.48. The van der Waals surface area contributed by atoms with Gasteiger partial charge in [0, 0.05) is 16.8 Å². The normalized spacial score (nSPS) is 49.2. The minimum atomic E-state index is 0.588. The average molecular weight is 231 g/mol. The molecular formula is C10H15BrO. The zero-order valence-electron chi connectivity index (χ0n) is 7.26. The van der Waals surface area contributed by atoms with E-state index < -0.39 is 0 Å². The fraction of sp³-hybridized carbons (Fsp3) is 1.00. The molecule has 1 spiro atoms. The van der Waals surface area contributed by atoms with Crippen molar-refractivity contribution in [3.05, 3.63) is 0 Å². The number of halogens is 1. The molecule has 0 aromatic rings. The number of fused-ring (bicyclic) bond motifs is 2. The molecule has 3 rings (SSSR count). The molecule has 0 aromatic carbocycles. The molecule has 3 atom stereocenters. The Morgan fingerprint density at radius 3 is 2.75 bits per heavy atom. The first-order valence-corrected chi connectivity index (χ1v) is 6.02. The lowest BCUT2D eigenvalue weighted by molar-refractivity contribution is -0.206. The van der Waals surface area contributed by atoms with Crippen LogP contribution in [0.3, 0.4) is 0 Å². The van der Waals surface area contributed by atoms with Crippen LogP contribution in [0.15, 0.2) is 0 Å². The van der Waals surface area contributed by atoms with Crippen molar-refractivity contribution in [2.24, 2.45) is 11.3 Å². The van der Waals surface area contributed by atoms with E-state index in [1.54, 1.807) is 0 Å².